The second kappa shape index (κ2) is 28.8. The SMILES string of the molecule is CC(C)C[C@H](NC(=O)[C@H](C)NC(=O)[C@H](Cc1ccc(O)cc1)NC(=O)[C@@H](NC(=O)[C@@H](NC(=O)[C@@H](N)CC(=O)O)C(C)C)C(C)C)C(=O)N[C@@H](CO)C(=O)N[C@@H](CC(=O)O)C(=O)N[C@@H](CC(=O)O)C(=O)O. The second-order valence-electron chi connectivity index (χ2n) is 17.4. The number of amides is 8. The zero-order valence-electron chi connectivity index (χ0n) is 39.6. The molecule has 1 aromatic rings. The third-order valence-electron chi connectivity index (χ3n) is 10.1. The number of hydrogen-bond acceptors (Lipinski definition) is 15. The second-order valence-corrected chi connectivity index (χ2v) is 17.4. The maximum Gasteiger partial charge on any atom is 0.326 e. The zero-order valence-corrected chi connectivity index (χ0v) is 39.6. The Morgan fingerprint density at radius 1 is 0.471 bits per heavy atom. The van der Waals surface area contributed by atoms with Gasteiger partial charge in [-0.1, -0.05) is 53.7 Å². The number of nitrogens with one attached hydrogen (secondary N) is 8. The van der Waals surface area contributed by atoms with E-state index in [0.29, 0.717) is 5.56 Å². The van der Waals surface area contributed by atoms with Crippen molar-refractivity contribution in [1.82, 2.24) is 42.5 Å². The molecule has 1 rings (SSSR count). The molecule has 1 aromatic carbocycles. The van der Waals surface area contributed by atoms with E-state index >= 15 is 0 Å². The van der Waals surface area contributed by atoms with Crippen LogP contribution < -0.4 is 48.3 Å². The summed E-state index contributed by atoms with van der Waals surface area (Å²) in [6, 6.07) is -8.83. The monoisotopic (exact) mass is 995 g/mol. The van der Waals surface area contributed by atoms with E-state index in [9.17, 15) is 78.0 Å². The van der Waals surface area contributed by atoms with Crippen molar-refractivity contribution in [2.24, 2.45) is 23.5 Å². The molecule has 0 aromatic heterocycles. The van der Waals surface area contributed by atoms with Crippen LogP contribution in [-0.4, -0.2) is 163 Å². The van der Waals surface area contributed by atoms with Gasteiger partial charge in [0.25, 0.3) is 0 Å². The Morgan fingerprint density at radius 3 is 1.34 bits per heavy atom. The number of hydrogen-bond donors (Lipinski definition) is 15. The molecule has 70 heavy (non-hydrogen) atoms. The first-order valence-electron chi connectivity index (χ1n) is 21.9. The van der Waals surface area contributed by atoms with Gasteiger partial charge in [-0.15, -0.1) is 0 Å². The van der Waals surface area contributed by atoms with E-state index in [1.807, 2.05) is 10.6 Å². The van der Waals surface area contributed by atoms with Gasteiger partial charge in [-0.2, -0.15) is 0 Å². The number of benzene rings is 1. The van der Waals surface area contributed by atoms with Crippen molar-refractivity contribution in [1.29, 1.82) is 0 Å². The molecule has 0 bridgehead atoms. The predicted octanol–water partition coefficient (Wildman–Crippen LogP) is -3.98. The summed E-state index contributed by atoms with van der Waals surface area (Å²) < 4.78 is 0. The fourth-order valence-electron chi connectivity index (χ4n) is 6.34. The normalized spacial score (nSPS) is 15.0. The van der Waals surface area contributed by atoms with E-state index in [1.54, 1.807) is 41.5 Å². The molecule has 0 radical (unpaired) electrons. The van der Waals surface area contributed by atoms with Crippen molar-refractivity contribution >= 4 is 71.1 Å². The van der Waals surface area contributed by atoms with Crippen LogP contribution in [0.4, 0.5) is 0 Å². The molecule has 0 aliphatic carbocycles. The van der Waals surface area contributed by atoms with Gasteiger partial charge >= 0.3 is 23.9 Å². The zero-order chi connectivity index (χ0) is 53.7. The lowest BCUT2D eigenvalue weighted by atomic mass is 9.98. The molecule has 0 unspecified atom stereocenters. The number of phenolic OH excluding ortho intramolecular Hbond substituents is 1. The highest BCUT2D eigenvalue weighted by molar-refractivity contribution is 5.99. The summed E-state index contributed by atoms with van der Waals surface area (Å²) in [5, 5.41) is 74.8. The number of aliphatic carboxylic acids is 4. The Labute approximate surface area is 401 Å². The number of aliphatic hydroxyl groups is 1. The Balaban J connectivity index is 3.33. The Morgan fingerprint density at radius 2 is 0.871 bits per heavy atom. The van der Waals surface area contributed by atoms with Crippen LogP contribution in [0, 0.1) is 17.8 Å². The van der Waals surface area contributed by atoms with E-state index < -0.39 is 163 Å². The van der Waals surface area contributed by atoms with Gasteiger partial charge in [-0.3, -0.25) is 52.7 Å². The molecule has 0 aliphatic heterocycles. The van der Waals surface area contributed by atoms with Gasteiger partial charge < -0.3 is 78.9 Å². The van der Waals surface area contributed by atoms with Crippen molar-refractivity contribution < 1.29 is 88.2 Å². The minimum absolute atomic E-state index is 0.0967. The van der Waals surface area contributed by atoms with Crippen LogP contribution >= 0.6 is 0 Å². The largest absolute Gasteiger partial charge is 0.508 e. The van der Waals surface area contributed by atoms with Crippen LogP contribution in [0.3, 0.4) is 0 Å². The summed E-state index contributed by atoms with van der Waals surface area (Å²) >= 11 is 0. The molecule has 16 N–H and O–H groups in total. The molecule has 0 heterocycles. The smallest absolute Gasteiger partial charge is 0.326 e. The number of rotatable bonds is 30. The summed E-state index contributed by atoms with van der Waals surface area (Å²) in [4.78, 5) is 152. The van der Waals surface area contributed by atoms with Crippen molar-refractivity contribution in [2.45, 2.75) is 135 Å². The van der Waals surface area contributed by atoms with Gasteiger partial charge in [-0.25, -0.2) is 4.79 Å². The predicted molar refractivity (Wildman–Crippen MR) is 242 cm³/mol. The number of aromatic hydroxyl groups is 1. The van der Waals surface area contributed by atoms with Gasteiger partial charge in [0.15, 0.2) is 0 Å². The first kappa shape index (κ1) is 60.6. The molecular formula is C43H65N9O18. The number of aliphatic hydroxyl groups excluding tert-OH is 1. The van der Waals surface area contributed by atoms with Gasteiger partial charge in [0, 0.05) is 6.42 Å². The molecule has 27 heteroatoms. The summed E-state index contributed by atoms with van der Waals surface area (Å²) in [7, 11) is 0. The van der Waals surface area contributed by atoms with E-state index in [2.05, 4.69) is 31.9 Å². The topological polar surface area (TPSA) is 448 Å². The first-order valence-corrected chi connectivity index (χ1v) is 21.9. The lowest BCUT2D eigenvalue weighted by Gasteiger charge is -2.29. The van der Waals surface area contributed by atoms with Crippen LogP contribution in [0.25, 0.3) is 0 Å². The van der Waals surface area contributed by atoms with Crippen molar-refractivity contribution in [3.8, 4) is 5.75 Å². The molecule has 9 atom stereocenters. The fraction of sp³-hybridized carbons (Fsp3) is 0.581. The quantitative estimate of drug-likeness (QED) is 0.0349. The first-order chi connectivity index (χ1) is 32.5. The highest BCUT2D eigenvalue weighted by Gasteiger charge is 2.36. The van der Waals surface area contributed by atoms with Crippen LogP contribution in [0.2, 0.25) is 0 Å². The van der Waals surface area contributed by atoms with E-state index in [0.717, 1.165) is 0 Å². The van der Waals surface area contributed by atoms with Crippen molar-refractivity contribution in [2.75, 3.05) is 6.61 Å². The van der Waals surface area contributed by atoms with Gasteiger partial charge in [0.2, 0.25) is 47.3 Å². The number of nitrogens with two attached hydrogens (primary N) is 1. The highest BCUT2D eigenvalue weighted by Crippen LogP contribution is 2.14. The van der Waals surface area contributed by atoms with E-state index in [4.69, 9.17) is 15.9 Å². The number of carboxylic acid groups (broad SMARTS) is 4. The minimum atomic E-state index is -2.02. The molecule has 390 valence electrons. The molecular weight excluding hydrogens is 931 g/mol. The average molecular weight is 996 g/mol. The molecule has 0 spiro atoms. The summed E-state index contributed by atoms with van der Waals surface area (Å²) in [5.74, 6) is -16.4. The van der Waals surface area contributed by atoms with Gasteiger partial charge in [-0.05, 0) is 48.8 Å². The number of carbonyl (C=O) groups excluding carboxylic acids is 8. The number of carbonyl (C=O) groups is 12. The average Bonchev–Trinajstić information content (AvgIpc) is 3.24. The third kappa shape index (κ3) is 21.3. The molecule has 8 amide bonds. The molecule has 27 nitrogen and oxygen atoms in total. The lowest BCUT2D eigenvalue weighted by Crippen LogP contribution is -2.61. The van der Waals surface area contributed by atoms with E-state index in [1.165, 1.54) is 31.2 Å². The van der Waals surface area contributed by atoms with Crippen molar-refractivity contribution in [3.63, 3.8) is 0 Å². The molecule has 0 saturated carbocycles. The van der Waals surface area contributed by atoms with Gasteiger partial charge in [0.1, 0.15) is 54.1 Å². The van der Waals surface area contributed by atoms with Gasteiger partial charge in [0.05, 0.1) is 31.9 Å². The van der Waals surface area contributed by atoms with Crippen LogP contribution in [0.15, 0.2) is 24.3 Å². The fourth-order valence-corrected chi connectivity index (χ4v) is 6.34. The minimum Gasteiger partial charge on any atom is -0.508 e. The van der Waals surface area contributed by atoms with Crippen LogP contribution in [0.5, 0.6) is 5.75 Å². The lowest BCUT2D eigenvalue weighted by molar-refractivity contribution is -0.148. The Bertz CT molecular complexity index is 2070. The Kier molecular flexibility index (Phi) is 24.9. The number of carboxylic acids is 4. The van der Waals surface area contributed by atoms with E-state index in [-0.39, 0.29) is 24.5 Å². The standard InChI is InChI=1S/C43H65N9O18/c1-18(2)12-25(38(64)50-29(17-53)40(66)47-27(15-31(57)58)39(65)49-28(43(69)70)16-32(59)60)46-35(61)21(7)45-37(63)26(13-22-8-10-23(54)11-9-22)48-41(67)33(19(3)4)52-42(68)34(20(5)6)51-36(62)24(44)14-30(55)56/h8-11,18-21,24-29,33-34,53-54H,12-17,44H2,1-7H3,(H,45,63)(H,46,61)(H,47,66)(H,48,67)(H,49,65)(H,50,64)(H,51,62)(H,52,68)(H,55,56)(H,57,58)(H,59,60)(H,69,70)/t21-,24-,25-,26-,27-,28-,29-,33-,34-/m0/s1. The summed E-state index contributed by atoms with van der Waals surface area (Å²) in [6.07, 6.45) is -3.28. The van der Waals surface area contributed by atoms with Crippen molar-refractivity contribution in [3.05, 3.63) is 29.8 Å². The maximum atomic E-state index is 13.9. The number of phenols is 1. The molecule has 0 saturated heterocycles. The summed E-state index contributed by atoms with van der Waals surface area (Å²) in [6.45, 7) is 9.75. The highest BCUT2D eigenvalue weighted by atomic mass is 16.4. The Hall–Kier alpha value is -7.42. The molecule has 0 aliphatic rings. The van der Waals surface area contributed by atoms with Crippen LogP contribution in [0.1, 0.15) is 79.7 Å². The van der Waals surface area contributed by atoms with Crippen LogP contribution in [-0.2, 0) is 64.0 Å². The third-order valence-corrected chi connectivity index (χ3v) is 10.1. The maximum absolute atomic E-state index is 13.9. The summed E-state index contributed by atoms with van der Waals surface area (Å²) in [5.41, 5.74) is 6.09. The molecule has 0 fully saturated rings.